The van der Waals surface area contributed by atoms with E-state index in [0.717, 1.165) is 39.3 Å². The third-order valence-corrected chi connectivity index (χ3v) is 3.25. The second kappa shape index (κ2) is 12.8. The summed E-state index contributed by atoms with van der Waals surface area (Å²) in [5.41, 5.74) is 0.710. The van der Waals surface area contributed by atoms with Crippen LogP contribution >= 0.6 is 0 Å². The molecule has 0 aromatic rings. The van der Waals surface area contributed by atoms with Crippen LogP contribution in [0.1, 0.15) is 26.7 Å². The molecular formula is C16H27NO6. The largest absolute Gasteiger partial charge is 0.478 e. The highest BCUT2D eigenvalue weighted by Gasteiger charge is 2.08. The van der Waals surface area contributed by atoms with Crippen LogP contribution in [0.15, 0.2) is 23.3 Å². The number of morpholine rings is 1. The van der Waals surface area contributed by atoms with Crippen LogP contribution in [0, 0.1) is 0 Å². The summed E-state index contributed by atoms with van der Waals surface area (Å²) in [5.74, 6) is -1.75. The van der Waals surface area contributed by atoms with E-state index in [1.807, 2.05) is 0 Å². The lowest BCUT2D eigenvalue weighted by molar-refractivity contribution is -0.133. The van der Waals surface area contributed by atoms with Crippen molar-refractivity contribution in [3.8, 4) is 0 Å². The van der Waals surface area contributed by atoms with Crippen LogP contribution in [0.5, 0.6) is 0 Å². The average Bonchev–Trinajstić information content (AvgIpc) is 2.53. The number of aliphatic hydroxyl groups excluding tert-OH is 1. The number of nitrogens with zero attached hydrogens (tertiary/aromatic N) is 1. The van der Waals surface area contributed by atoms with Gasteiger partial charge in [0.1, 0.15) is 0 Å². The van der Waals surface area contributed by atoms with Crippen molar-refractivity contribution in [2.45, 2.75) is 26.7 Å². The number of carboxylic acid groups (broad SMARTS) is 2. The van der Waals surface area contributed by atoms with Crippen molar-refractivity contribution in [2.75, 3.05) is 39.5 Å². The lowest BCUT2D eigenvalue weighted by atomic mass is 10.2. The van der Waals surface area contributed by atoms with Gasteiger partial charge >= 0.3 is 11.9 Å². The molecule has 0 saturated carbocycles. The molecule has 1 saturated heterocycles. The van der Waals surface area contributed by atoms with Crippen LogP contribution in [0.25, 0.3) is 0 Å². The quantitative estimate of drug-likeness (QED) is 0.601. The molecule has 7 heteroatoms. The molecule has 0 amide bonds. The van der Waals surface area contributed by atoms with E-state index in [4.69, 9.17) is 20.1 Å². The molecule has 1 fully saturated rings. The Bertz CT molecular complexity index is 424. The maximum absolute atomic E-state index is 10.5. The van der Waals surface area contributed by atoms with Gasteiger partial charge in [-0.2, -0.15) is 0 Å². The van der Waals surface area contributed by atoms with Crippen molar-refractivity contribution >= 4 is 11.9 Å². The molecule has 0 atom stereocenters. The van der Waals surface area contributed by atoms with Crippen LogP contribution < -0.4 is 0 Å². The molecule has 1 heterocycles. The van der Waals surface area contributed by atoms with E-state index in [0.29, 0.717) is 12.0 Å². The Morgan fingerprint density at radius 1 is 1.00 bits per heavy atom. The van der Waals surface area contributed by atoms with Gasteiger partial charge in [0.25, 0.3) is 0 Å². The van der Waals surface area contributed by atoms with Crippen molar-refractivity contribution < 1.29 is 29.6 Å². The summed E-state index contributed by atoms with van der Waals surface area (Å²) < 4.78 is 5.21. The second-order valence-electron chi connectivity index (χ2n) is 5.14. The molecule has 7 nitrogen and oxygen atoms in total. The number of hydrogen-bond donors (Lipinski definition) is 3. The van der Waals surface area contributed by atoms with E-state index in [1.54, 1.807) is 13.0 Å². The molecule has 0 aromatic carbocycles. The predicted molar refractivity (Wildman–Crippen MR) is 86.4 cm³/mol. The van der Waals surface area contributed by atoms with Gasteiger partial charge < -0.3 is 20.1 Å². The summed E-state index contributed by atoms with van der Waals surface area (Å²) in [5, 5.41) is 25.1. The number of rotatable bonds is 7. The van der Waals surface area contributed by atoms with Crippen LogP contribution in [0.3, 0.4) is 0 Å². The normalized spacial score (nSPS) is 16.5. The summed E-state index contributed by atoms with van der Waals surface area (Å²) in [7, 11) is 0. The third kappa shape index (κ3) is 11.5. The highest BCUT2D eigenvalue weighted by atomic mass is 16.5. The number of aliphatic carboxylic acids is 2. The fourth-order valence-corrected chi connectivity index (χ4v) is 1.74. The van der Waals surface area contributed by atoms with Gasteiger partial charge in [0, 0.05) is 37.4 Å². The van der Waals surface area contributed by atoms with E-state index >= 15 is 0 Å². The molecule has 0 bridgehead atoms. The first-order valence-corrected chi connectivity index (χ1v) is 7.59. The zero-order valence-electron chi connectivity index (χ0n) is 13.8. The lowest BCUT2D eigenvalue weighted by Gasteiger charge is -2.25. The monoisotopic (exact) mass is 329 g/mol. The minimum Gasteiger partial charge on any atom is -0.478 e. The van der Waals surface area contributed by atoms with Crippen molar-refractivity contribution in [2.24, 2.45) is 0 Å². The average molecular weight is 329 g/mol. The Labute approximate surface area is 136 Å². The van der Waals surface area contributed by atoms with Gasteiger partial charge in [0.15, 0.2) is 0 Å². The van der Waals surface area contributed by atoms with Crippen LogP contribution in [0.4, 0.5) is 0 Å². The first kappa shape index (κ1) is 21.3. The van der Waals surface area contributed by atoms with Crippen molar-refractivity contribution in [1.29, 1.82) is 0 Å². The SMILES string of the molecule is CC(=CCCN1CCOCC1)C(=O)O.CC(=CCCO)C(=O)O. The number of ether oxygens (including phenoxy) is 1. The highest BCUT2D eigenvalue weighted by Crippen LogP contribution is 2.01. The predicted octanol–water partition coefficient (Wildman–Crippen LogP) is 1.14. The molecule has 0 spiro atoms. The first-order valence-electron chi connectivity index (χ1n) is 7.59. The minimum atomic E-state index is -0.927. The van der Waals surface area contributed by atoms with Crippen molar-refractivity contribution in [3.05, 3.63) is 23.3 Å². The van der Waals surface area contributed by atoms with E-state index in [9.17, 15) is 9.59 Å². The van der Waals surface area contributed by atoms with E-state index in [2.05, 4.69) is 4.90 Å². The topological polar surface area (TPSA) is 107 Å². The molecule has 132 valence electrons. The third-order valence-electron chi connectivity index (χ3n) is 3.25. The Kier molecular flexibility index (Phi) is 11.9. The van der Waals surface area contributed by atoms with Gasteiger partial charge in [0.05, 0.1) is 13.2 Å². The summed E-state index contributed by atoms with van der Waals surface area (Å²) in [6, 6.07) is 0. The Hall–Kier alpha value is -1.70. The van der Waals surface area contributed by atoms with Crippen LogP contribution in [-0.2, 0) is 14.3 Å². The standard InChI is InChI=1S/C10H17NO3.C6H10O3/c1-9(10(12)13)3-2-4-11-5-7-14-8-6-11;1-5(6(8)9)3-2-4-7/h3H,2,4-8H2,1H3,(H,12,13);3,7H,2,4H2,1H3,(H,8,9). The molecule has 1 aliphatic heterocycles. The van der Waals surface area contributed by atoms with Crippen molar-refractivity contribution in [3.63, 3.8) is 0 Å². The summed E-state index contributed by atoms with van der Waals surface area (Å²) in [6.07, 6.45) is 4.48. The smallest absolute Gasteiger partial charge is 0.330 e. The van der Waals surface area contributed by atoms with Gasteiger partial charge in [-0.1, -0.05) is 12.2 Å². The Morgan fingerprint density at radius 3 is 1.91 bits per heavy atom. The minimum absolute atomic E-state index is 0.00458. The summed E-state index contributed by atoms with van der Waals surface area (Å²) in [4.78, 5) is 22.8. The molecular weight excluding hydrogens is 302 g/mol. The number of carboxylic acids is 2. The van der Waals surface area contributed by atoms with E-state index < -0.39 is 11.9 Å². The number of carbonyl (C=O) groups is 2. The fourth-order valence-electron chi connectivity index (χ4n) is 1.74. The molecule has 1 aliphatic rings. The Balaban J connectivity index is 0.000000468. The van der Waals surface area contributed by atoms with E-state index in [-0.39, 0.29) is 12.2 Å². The summed E-state index contributed by atoms with van der Waals surface area (Å²) >= 11 is 0. The van der Waals surface area contributed by atoms with Crippen LogP contribution in [0.2, 0.25) is 0 Å². The Morgan fingerprint density at radius 2 is 1.48 bits per heavy atom. The summed E-state index contributed by atoms with van der Waals surface area (Å²) in [6.45, 7) is 7.56. The zero-order chi connectivity index (χ0) is 17.7. The van der Waals surface area contributed by atoms with Crippen LogP contribution in [-0.4, -0.2) is 71.6 Å². The molecule has 1 rings (SSSR count). The number of aliphatic hydroxyl groups is 1. The van der Waals surface area contributed by atoms with E-state index in [1.165, 1.54) is 13.0 Å². The van der Waals surface area contributed by atoms with Gasteiger partial charge in [-0.25, -0.2) is 9.59 Å². The van der Waals surface area contributed by atoms with Gasteiger partial charge in [-0.15, -0.1) is 0 Å². The van der Waals surface area contributed by atoms with Gasteiger partial charge in [-0.05, 0) is 26.7 Å². The maximum Gasteiger partial charge on any atom is 0.330 e. The molecule has 3 N–H and O–H groups in total. The molecule has 0 unspecified atom stereocenters. The van der Waals surface area contributed by atoms with Gasteiger partial charge in [0.2, 0.25) is 0 Å². The van der Waals surface area contributed by atoms with Gasteiger partial charge in [-0.3, -0.25) is 4.90 Å². The fraction of sp³-hybridized carbons (Fsp3) is 0.625. The highest BCUT2D eigenvalue weighted by molar-refractivity contribution is 5.86. The molecule has 23 heavy (non-hydrogen) atoms. The molecule has 0 radical (unpaired) electrons. The second-order valence-corrected chi connectivity index (χ2v) is 5.14. The molecule has 0 aromatic heterocycles. The van der Waals surface area contributed by atoms with Crippen molar-refractivity contribution in [1.82, 2.24) is 4.90 Å². The number of hydrogen-bond acceptors (Lipinski definition) is 5. The first-order chi connectivity index (χ1) is 10.9. The lowest BCUT2D eigenvalue weighted by Crippen LogP contribution is -2.36. The molecule has 0 aliphatic carbocycles. The maximum atomic E-state index is 10.5. The zero-order valence-corrected chi connectivity index (χ0v) is 13.8.